The van der Waals surface area contributed by atoms with Gasteiger partial charge in [0.05, 0.1) is 16.4 Å². The highest BCUT2D eigenvalue weighted by molar-refractivity contribution is 6.22. The first-order valence-corrected chi connectivity index (χ1v) is 20.6. The third kappa shape index (κ3) is 4.87. The molecule has 1 unspecified atom stereocenters. The number of nitrogens with zero attached hydrogens (tertiary/aromatic N) is 4. The summed E-state index contributed by atoms with van der Waals surface area (Å²) in [6.07, 6.45) is 0.750. The Balaban J connectivity index is 1.11. The fourth-order valence-corrected chi connectivity index (χ4v) is 10.1. The highest BCUT2D eigenvalue weighted by Gasteiger charge is 2.51. The van der Waals surface area contributed by atoms with Crippen molar-refractivity contribution < 1.29 is 0 Å². The quantitative estimate of drug-likeness (QED) is 0.172. The molecule has 0 radical (unpaired) electrons. The van der Waals surface area contributed by atoms with E-state index in [0.717, 1.165) is 40.0 Å². The Hall–Kier alpha value is -7.43. The molecule has 9 aromatic rings. The second-order valence-corrected chi connectivity index (χ2v) is 15.7. The zero-order chi connectivity index (χ0) is 39.1. The van der Waals surface area contributed by atoms with Crippen molar-refractivity contribution >= 4 is 39.3 Å². The SMILES string of the molecule is CCC1N=C(c2ccc(-c3ccccc3)cc2)N=C(c2ccccc2)N=C1n1c2ccccc2c2cc3c(cc21)-c1ccccc1C31c2ccccc2-c2ccccc21. The van der Waals surface area contributed by atoms with Crippen molar-refractivity contribution in [1.29, 1.82) is 0 Å². The van der Waals surface area contributed by atoms with Crippen molar-refractivity contribution in [2.24, 2.45) is 15.0 Å². The summed E-state index contributed by atoms with van der Waals surface area (Å²) in [4.78, 5) is 16.3. The van der Waals surface area contributed by atoms with Gasteiger partial charge in [-0.15, -0.1) is 0 Å². The van der Waals surface area contributed by atoms with Crippen LogP contribution in [0.5, 0.6) is 0 Å². The largest absolute Gasteiger partial charge is 0.295 e. The first-order chi connectivity index (χ1) is 29.2. The summed E-state index contributed by atoms with van der Waals surface area (Å²) in [5.41, 5.74) is 16.5. The van der Waals surface area contributed by atoms with Gasteiger partial charge in [0.1, 0.15) is 11.9 Å². The van der Waals surface area contributed by atoms with E-state index in [9.17, 15) is 0 Å². The molecule has 3 aliphatic rings. The molecule has 1 aromatic heterocycles. The Morgan fingerprint density at radius 1 is 0.424 bits per heavy atom. The number of fused-ring (bicyclic) bond motifs is 13. The minimum Gasteiger partial charge on any atom is -0.295 e. The van der Waals surface area contributed by atoms with Crippen molar-refractivity contribution in [3.63, 3.8) is 0 Å². The van der Waals surface area contributed by atoms with Gasteiger partial charge in [0, 0.05) is 21.9 Å². The molecule has 0 N–H and O–H groups in total. The number of aliphatic imine (C=N–C) groups is 3. The van der Waals surface area contributed by atoms with Gasteiger partial charge in [-0.1, -0.05) is 183 Å². The molecule has 278 valence electrons. The molecule has 2 heterocycles. The molecule has 4 nitrogen and oxygen atoms in total. The number of rotatable bonds is 4. The number of benzene rings is 8. The smallest absolute Gasteiger partial charge is 0.163 e. The maximum absolute atomic E-state index is 5.57. The third-order valence-electron chi connectivity index (χ3n) is 12.7. The monoisotopic (exact) mass is 754 g/mol. The van der Waals surface area contributed by atoms with E-state index in [0.29, 0.717) is 11.7 Å². The predicted molar refractivity (Wildman–Crippen MR) is 244 cm³/mol. The molecule has 1 atom stereocenters. The van der Waals surface area contributed by atoms with E-state index in [1.807, 2.05) is 12.1 Å². The summed E-state index contributed by atoms with van der Waals surface area (Å²) >= 11 is 0. The lowest BCUT2D eigenvalue weighted by atomic mass is 9.70. The molecular weight excluding hydrogens is 717 g/mol. The molecule has 1 aliphatic heterocycles. The van der Waals surface area contributed by atoms with Crippen molar-refractivity contribution in [3.8, 4) is 33.4 Å². The van der Waals surface area contributed by atoms with Crippen LogP contribution >= 0.6 is 0 Å². The van der Waals surface area contributed by atoms with Gasteiger partial charge < -0.3 is 0 Å². The van der Waals surface area contributed by atoms with E-state index in [2.05, 4.69) is 193 Å². The van der Waals surface area contributed by atoms with Crippen molar-refractivity contribution in [3.05, 3.63) is 228 Å². The van der Waals surface area contributed by atoms with Crippen LogP contribution in [-0.2, 0) is 5.41 Å². The summed E-state index contributed by atoms with van der Waals surface area (Å²) in [7, 11) is 0. The summed E-state index contributed by atoms with van der Waals surface area (Å²) in [6.45, 7) is 2.20. The van der Waals surface area contributed by atoms with Gasteiger partial charge in [-0.3, -0.25) is 9.56 Å². The van der Waals surface area contributed by atoms with E-state index in [-0.39, 0.29) is 6.04 Å². The summed E-state index contributed by atoms with van der Waals surface area (Å²) in [5.74, 6) is 2.21. The van der Waals surface area contributed by atoms with Crippen LogP contribution in [0.4, 0.5) is 0 Å². The number of hydrogen-bond donors (Lipinski definition) is 0. The van der Waals surface area contributed by atoms with Crippen LogP contribution in [0.1, 0.15) is 46.7 Å². The molecule has 1 spiro atoms. The lowest BCUT2D eigenvalue weighted by Gasteiger charge is -2.30. The molecule has 8 aromatic carbocycles. The highest BCUT2D eigenvalue weighted by Crippen LogP contribution is 2.63. The zero-order valence-corrected chi connectivity index (χ0v) is 32.5. The van der Waals surface area contributed by atoms with Crippen LogP contribution in [0.3, 0.4) is 0 Å². The molecule has 0 bridgehead atoms. The summed E-state index contributed by atoms with van der Waals surface area (Å²) in [6, 6.07) is 69.9. The third-order valence-corrected chi connectivity index (χ3v) is 12.7. The standard InChI is InChI=1S/C55H38N4/c1-2-49-54(58-53(37-19-7-4-8-20-37)57-52(56-49)38-31-29-36(30-32-38)35-17-5-3-6-18-35)59-50-28-16-12-24-42(50)44-33-48-43(34-51(44)59)41-23-11-15-27-47(41)55(48)45-25-13-9-21-39(45)40-22-10-14-26-46(40)55/h3-34,49H,2H2,1H3. The molecule has 4 heteroatoms. The number of hydrogen-bond acceptors (Lipinski definition) is 3. The first-order valence-electron chi connectivity index (χ1n) is 20.6. The van der Waals surface area contributed by atoms with Crippen LogP contribution in [-0.4, -0.2) is 28.1 Å². The second-order valence-electron chi connectivity index (χ2n) is 15.7. The summed E-state index contributed by atoms with van der Waals surface area (Å²) in [5, 5.41) is 2.39. The lowest BCUT2D eigenvalue weighted by molar-refractivity contribution is 0.794. The molecule has 0 saturated heterocycles. The molecule has 12 rings (SSSR count). The molecule has 0 amide bonds. The van der Waals surface area contributed by atoms with Crippen LogP contribution in [0.25, 0.3) is 55.2 Å². The summed E-state index contributed by atoms with van der Waals surface area (Å²) < 4.78 is 2.38. The fourth-order valence-electron chi connectivity index (χ4n) is 10.1. The van der Waals surface area contributed by atoms with Gasteiger partial charge in [0.2, 0.25) is 0 Å². The number of para-hydroxylation sites is 1. The van der Waals surface area contributed by atoms with Gasteiger partial charge in [-0.05, 0) is 80.3 Å². The van der Waals surface area contributed by atoms with Crippen molar-refractivity contribution in [2.45, 2.75) is 24.8 Å². The van der Waals surface area contributed by atoms with E-state index >= 15 is 0 Å². The zero-order valence-electron chi connectivity index (χ0n) is 32.5. The first kappa shape index (κ1) is 33.7. The van der Waals surface area contributed by atoms with Crippen molar-refractivity contribution in [2.75, 3.05) is 0 Å². The Labute approximate surface area is 343 Å². The molecule has 0 fully saturated rings. The minimum atomic E-state index is -0.426. The number of amidine groups is 2. The highest BCUT2D eigenvalue weighted by atomic mass is 15.2. The van der Waals surface area contributed by atoms with Gasteiger partial charge >= 0.3 is 0 Å². The van der Waals surface area contributed by atoms with Crippen molar-refractivity contribution in [1.82, 2.24) is 4.57 Å². The van der Waals surface area contributed by atoms with Gasteiger partial charge in [0.15, 0.2) is 11.7 Å². The predicted octanol–water partition coefficient (Wildman–Crippen LogP) is 12.7. The molecular formula is C55H38N4. The Bertz CT molecular complexity index is 3190. The molecule has 59 heavy (non-hydrogen) atoms. The van der Waals surface area contributed by atoms with E-state index in [1.165, 1.54) is 60.8 Å². The minimum absolute atomic E-state index is 0.261. The van der Waals surface area contributed by atoms with Crippen LogP contribution in [0.2, 0.25) is 0 Å². The Kier molecular flexibility index (Phi) is 7.45. The lowest BCUT2D eigenvalue weighted by Crippen LogP contribution is -2.27. The second kappa shape index (κ2) is 13.1. The van der Waals surface area contributed by atoms with Gasteiger partial charge in [-0.25, -0.2) is 9.98 Å². The van der Waals surface area contributed by atoms with Crippen LogP contribution in [0, 0.1) is 0 Å². The normalized spacial score (nSPS) is 15.9. The van der Waals surface area contributed by atoms with Gasteiger partial charge in [-0.2, -0.15) is 0 Å². The van der Waals surface area contributed by atoms with E-state index in [4.69, 9.17) is 15.0 Å². The van der Waals surface area contributed by atoms with E-state index in [1.54, 1.807) is 0 Å². The van der Waals surface area contributed by atoms with Gasteiger partial charge in [0.25, 0.3) is 0 Å². The van der Waals surface area contributed by atoms with Crippen LogP contribution in [0.15, 0.2) is 209 Å². The maximum atomic E-state index is 5.57. The number of aromatic nitrogens is 1. The maximum Gasteiger partial charge on any atom is 0.163 e. The average molecular weight is 755 g/mol. The average Bonchev–Trinajstić information content (AvgIpc) is 3.84. The topological polar surface area (TPSA) is 42.0 Å². The fraction of sp³-hybridized carbons (Fsp3) is 0.0727. The van der Waals surface area contributed by atoms with Crippen LogP contribution < -0.4 is 0 Å². The molecule has 0 saturated carbocycles. The Morgan fingerprint density at radius 2 is 0.932 bits per heavy atom. The Morgan fingerprint density at radius 3 is 1.58 bits per heavy atom. The van der Waals surface area contributed by atoms with E-state index < -0.39 is 5.41 Å². The molecule has 2 aliphatic carbocycles.